The lowest BCUT2D eigenvalue weighted by molar-refractivity contribution is -0.384. The molecule has 2 aromatic carbocycles. The lowest BCUT2D eigenvalue weighted by Crippen LogP contribution is -1.98. The van der Waals surface area contributed by atoms with E-state index in [1.165, 1.54) is 12.1 Å². The zero-order valence-electron chi connectivity index (χ0n) is 13.2. The summed E-state index contributed by atoms with van der Waals surface area (Å²) in [5, 5.41) is 14.7. The number of hydrogen-bond acceptors (Lipinski definition) is 6. The molecule has 1 heterocycles. The predicted octanol–water partition coefficient (Wildman–Crippen LogP) is 3.84. The first kappa shape index (κ1) is 15.7. The van der Waals surface area contributed by atoms with Gasteiger partial charge in [0.25, 0.3) is 11.6 Å². The Morgan fingerprint density at radius 2 is 2.00 bits per heavy atom. The molecule has 0 saturated carbocycles. The molecule has 0 atom stereocenters. The molecule has 0 unspecified atom stereocenters. The Kier molecular flexibility index (Phi) is 4.24. The summed E-state index contributed by atoms with van der Waals surface area (Å²) in [4.78, 5) is 14.6. The number of aromatic nitrogens is 2. The van der Waals surface area contributed by atoms with Crippen LogP contribution in [0.4, 0.5) is 5.69 Å². The van der Waals surface area contributed by atoms with Crippen LogP contribution in [0.15, 0.2) is 47.0 Å². The molecule has 0 aliphatic rings. The van der Waals surface area contributed by atoms with Gasteiger partial charge in [0.05, 0.1) is 4.92 Å². The van der Waals surface area contributed by atoms with Crippen molar-refractivity contribution < 1.29 is 14.2 Å². The minimum absolute atomic E-state index is 0.0227. The first-order valence-corrected chi connectivity index (χ1v) is 7.31. The summed E-state index contributed by atoms with van der Waals surface area (Å²) in [5.74, 6) is 1.35. The highest BCUT2D eigenvalue weighted by Gasteiger charge is 2.13. The van der Waals surface area contributed by atoms with Crippen molar-refractivity contribution >= 4 is 5.69 Å². The van der Waals surface area contributed by atoms with Crippen LogP contribution in [0.3, 0.4) is 0 Å². The second-order valence-electron chi connectivity index (χ2n) is 5.31. The molecule has 122 valence electrons. The van der Waals surface area contributed by atoms with Gasteiger partial charge in [-0.2, -0.15) is 4.98 Å². The molecule has 1 aromatic heterocycles. The number of aryl methyl sites for hydroxylation is 1. The minimum Gasteiger partial charge on any atom is -0.483 e. The third-order valence-electron chi connectivity index (χ3n) is 3.69. The molecular weight excluding hydrogens is 310 g/mol. The molecule has 24 heavy (non-hydrogen) atoms. The third kappa shape index (κ3) is 3.24. The maximum absolute atomic E-state index is 10.8. The summed E-state index contributed by atoms with van der Waals surface area (Å²) in [6.07, 6.45) is 0. The molecule has 0 amide bonds. The van der Waals surface area contributed by atoms with E-state index in [4.69, 9.17) is 9.26 Å². The van der Waals surface area contributed by atoms with Gasteiger partial charge in [-0.1, -0.05) is 29.4 Å². The summed E-state index contributed by atoms with van der Waals surface area (Å²) in [6.45, 7) is 4.12. The normalized spacial score (nSPS) is 10.6. The number of rotatable bonds is 5. The first-order chi connectivity index (χ1) is 11.5. The number of nitro benzene ring substituents is 1. The fraction of sp³-hybridized carbons (Fsp3) is 0.176. The van der Waals surface area contributed by atoms with Crippen LogP contribution >= 0.6 is 0 Å². The van der Waals surface area contributed by atoms with E-state index in [1.807, 2.05) is 32.0 Å². The fourth-order valence-electron chi connectivity index (χ4n) is 2.21. The van der Waals surface area contributed by atoms with Crippen molar-refractivity contribution in [3.05, 3.63) is 69.6 Å². The van der Waals surface area contributed by atoms with E-state index in [0.29, 0.717) is 17.3 Å². The molecule has 0 saturated heterocycles. The van der Waals surface area contributed by atoms with Gasteiger partial charge in [0.15, 0.2) is 6.61 Å². The number of benzene rings is 2. The molecule has 0 N–H and O–H groups in total. The van der Waals surface area contributed by atoms with Gasteiger partial charge >= 0.3 is 0 Å². The van der Waals surface area contributed by atoms with E-state index in [-0.39, 0.29) is 12.3 Å². The fourth-order valence-corrected chi connectivity index (χ4v) is 2.21. The lowest BCUT2D eigenvalue weighted by Gasteiger charge is -2.08. The van der Waals surface area contributed by atoms with Crippen LogP contribution in [-0.2, 0) is 6.61 Å². The van der Waals surface area contributed by atoms with Crippen LogP contribution in [0.25, 0.3) is 11.4 Å². The van der Waals surface area contributed by atoms with Gasteiger partial charge in [-0.25, -0.2) is 0 Å². The Labute approximate surface area is 138 Å². The van der Waals surface area contributed by atoms with Gasteiger partial charge in [-0.15, -0.1) is 0 Å². The first-order valence-electron chi connectivity index (χ1n) is 7.31. The van der Waals surface area contributed by atoms with E-state index in [2.05, 4.69) is 10.1 Å². The van der Waals surface area contributed by atoms with Crippen LogP contribution in [-0.4, -0.2) is 15.1 Å². The molecule has 0 aliphatic heterocycles. The molecule has 0 aliphatic carbocycles. The number of ether oxygens (including phenoxy) is 1. The van der Waals surface area contributed by atoms with Crippen molar-refractivity contribution in [2.45, 2.75) is 20.5 Å². The summed E-state index contributed by atoms with van der Waals surface area (Å²) in [5.41, 5.74) is 2.68. The number of nitrogens with zero attached hydrogens (tertiary/aromatic N) is 3. The van der Waals surface area contributed by atoms with Gasteiger partial charge in [-0.3, -0.25) is 10.1 Å². The average Bonchev–Trinajstić information content (AvgIpc) is 3.05. The Bertz CT molecular complexity index is 889. The zero-order valence-corrected chi connectivity index (χ0v) is 13.2. The monoisotopic (exact) mass is 325 g/mol. The summed E-state index contributed by atoms with van der Waals surface area (Å²) >= 11 is 0. The van der Waals surface area contributed by atoms with Crippen LogP contribution in [0, 0.1) is 24.0 Å². The van der Waals surface area contributed by atoms with Crippen LogP contribution in [0.2, 0.25) is 0 Å². The second-order valence-corrected chi connectivity index (χ2v) is 5.31. The van der Waals surface area contributed by atoms with Crippen molar-refractivity contribution in [2.75, 3.05) is 0 Å². The van der Waals surface area contributed by atoms with E-state index in [1.54, 1.807) is 12.1 Å². The zero-order chi connectivity index (χ0) is 17.1. The lowest BCUT2D eigenvalue weighted by atomic mass is 10.1. The van der Waals surface area contributed by atoms with Crippen molar-refractivity contribution in [3.8, 4) is 17.1 Å². The van der Waals surface area contributed by atoms with Crippen molar-refractivity contribution in [2.24, 2.45) is 0 Å². The Morgan fingerprint density at radius 3 is 2.79 bits per heavy atom. The maximum Gasteiger partial charge on any atom is 0.270 e. The van der Waals surface area contributed by atoms with Crippen LogP contribution < -0.4 is 4.74 Å². The molecule has 7 nitrogen and oxygen atoms in total. The second kappa shape index (κ2) is 6.49. The molecule has 3 aromatic rings. The summed E-state index contributed by atoms with van der Waals surface area (Å²) < 4.78 is 10.9. The van der Waals surface area contributed by atoms with Gasteiger partial charge in [0, 0.05) is 17.7 Å². The molecular formula is C17H15N3O4. The molecule has 0 fully saturated rings. The Morgan fingerprint density at radius 1 is 1.21 bits per heavy atom. The van der Waals surface area contributed by atoms with E-state index in [9.17, 15) is 10.1 Å². The van der Waals surface area contributed by atoms with Gasteiger partial charge in [0.1, 0.15) is 5.75 Å². The quantitative estimate of drug-likeness (QED) is 0.523. The molecule has 0 radical (unpaired) electrons. The number of non-ortho nitro benzene ring substituents is 1. The van der Waals surface area contributed by atoms with Crippen LogP contribution in [0.1, 0.15) is 17.0 Å². The smallest absolute Gasteiger partial charge is 0.270 e. The van der Waals surface area contributed by atoms with Gasteiger partial charge < -0.3 is 9.26 Å². The SMILES string of the molecule is Cc1cccc(OCc2nc(-c3cccc([N+](=O)[O-])c3)no2)c1C. The summed E-state index contributed by atoms with van der Waals surface area (Å²) in [6, 6.07) is 11.9. The molecule has 0 bridgehead atoms. The molecule has 0 spiro atoms. The topological polar surface area (TPSA) is 91.3 Å². The number of hydrogen-bond donors (Lipinski definition) is 0. The van der Waals surface area contributed by atoms with Gasteiger partial charge in [-0.05, 0) is 31.0 Å². The van der Waals surface area contributed by atoms with Crippen molar-refractivity contribution in [1.82, 2.24) is 10.1 Å². The predicted molar refractivity (Wildman–Crippen MR) is 86.6 cm³/mol. The van der Waals surface area contributed by atoms with E-state index < -0.39 is 4.92 Å². The minimum atomic E-state index is -0.464. The largest absolute Gasteiger partial charge is 0.483 e. The Hall–Kier alpha value is -3.22. The van der Waals surface area contributed by atoms with Gasteiger partial charge in [0.2, 0.25) is 5.82 Å². The summed E-state index contributed by atoms with van der Waals surface area (Å²) in [7, 11) is 0. The maximum atomic E-state index is 10.8. The van der Waals surface area contributed by atoms with Crippen molar-refractivity contribution in [1.29, 1.82) is 0 Å². The molecule has 7 heteroatoms. The Balaban J connectivity index is 1.75. The number of nitro groups is 1. The third-order valence-corrected chi connectivity index (χ3v) is 3.69. The molecule has 3 rings (SSSR count). The highest BCUT2D eigenvalue weighted by molar-refractivity contribution is 5.58. The van der Waals surface area contributed by atoms with Crippen molar-refractivity contribution in [3.63, 3.8) is 0 Å². The highest BCUT2D eigenvalue weighted by atomic mass is 16.6. The van der Waals surface area contributed by atoms with E-state index >= 15 is 0 Å². The standard InChI is InChI=1S/C17H15N3O4/c1-11-5-3-8-15(12(11)2)23-10-16-18-17(19-24-16)13-6-4-7-14(9-13)20(21)22/h3-9H,10H2,1-2H3. The average molecular weight is 325 g/mol. The van der Waals surface area contributed by atoms with E-state index in [0.717, 1.165) is 16.9 Å². The van der Waals surface area contributed by atoms with Crippen LogP contribution in [0.5, 0.6) is 5.75 Å². The highest BCUT2D eigenvalue weighted by Crippen LogP contribution is 2.23.